The third kappa shape index (κ3) is 3.15. The maximum absolute atomic E-state index is 4.03. The number of aromatic amines is 1. The first-order valence-electron chi connectivity index (χ1n) is 4.67. The second-order valence-electron chi connectivity index (χ2n) is 3.56. The largest absolute Gasteiger partial charge is 1.00 e. The number of aromatic nitrogens is 1. The van der Waals surface area contributed by atoms with Crippen LogP contribution in [0, 0.1) is 13.8 Å². The summed E-state index contributed by atoms with van der Waals surface area (Å²) in [5.74, 6) is 0. The van der Waals surface area contributed by atoms with Gasteiger partial charge in [-0.3, -0.25) is 0 Å². The Morgan fingerprint density at radius 1 is 1.25 bits per heavy atom. The molecule has 1 N–H and O–H groups in total. The SMILES string of the molecule is C=C1C=CC=[C]1[Ti+2][c]1[nH]cc(C)c1C.[Cl-].[Cl-]. The van der Waals surface area contributed by atoms with Crippen LogP contribution in [0.1, 0.15) is 11.1 Å². The zero-order valence-corrected chi connectivity index (χ0v) is 12.3. The van der Waals surface area contributed by atoms with Crippen molar-refractivity contribution in [3.05, 3.63) is 51.6 Å². The second-order valence-corrected chi connectivity index (χ2v) is 5.57. The molecule has 1 aliphatic carbocycles. The van der Waals surface area contributed by atoms with Gasteiger partial charge in [0.15, 0.2) is 0 Å². The van der Waals surface area contributed by atoms with Gasteiger partial charge in [0.2, 0.25) is 0 Å². The van der Waals surface area contributed by atoms with E-state index in [0.717, 1.165) is 0 Å². The fourth-order valence-electron chi connectivity index (χ4n) is 1.44. The Balaban J connectivity index is 0.00000112. The number of H-pyrrole nitrogens is 1. The van der Waals surface area contributed by atoms with Gasteiger partial charge in [0, 0.05) is 0 Å². The van der Waals surface area contributed by atoms with Crippen molar-refractivity contribution in [3.8, 4) is 0 Å². The van der Waals surface area contributed by atoms with Crippen molar-refractivity contribution in [1.82, 2.24) is 4.98 Å². The first-order valence-corrected chi connectivity index (χ1v) is 6.24. The van der Waals surface area contributed by atoms with Gasteiger partial charge >= 0.3 is 93.6 Å². The predicted octanol–water partition coefficient (Wildman–Crippen LogP) is -3.64. The topological polar surface area (TPSA) is 15.8 Å². The van der Waals surface area contributed by atoms with E-state index < -0.39 is 0 Å². The van der Waals surface area contributed by atoms with Crippen LogP contribution in [0.15, 0.2) is 40.5 Å². The smallest absolute Gasteiger partial charge is 1.00 e. The zero-order chi connectivity index (χ0) is 10.1. The van der Waals surface area contributed by atoms with E-state index in [2.05, 4.69) is 49.8 Å². The van der Waals surface area contributed by atoms with Crippen LogP contribution in [0.3, 0.4) is 0 Å². The van der Waals surface area contributed by atoms with Gasteiger partial charge in [-0.25, -0.2) is 0 Å². The molecule has 0 atom stereocenters. The van der Waals surface area contributed by atoms with Crippen molar-refractivity contribution in [2.75, 3.05) is 0 Å². The van der Waals surface area contributed by atoms with Crippen LogP contribution >= 0.6 is 0 Å². The number of rotatable bonds is 2. The summed E-state index contributed by atoms with van der Waals surface area (Å²) in [5.41, 5.74) is 3.98. The van der Waals surface area contributed by atoms with Crippen molar-refractivity contribution >= 4 is 4.00 Å². The Kier molecular flexibility index (Phi) is 6.43. The third-order valence-corrected chi connectivity index (χ3v) is 4.95. The van der Waals surface area contributed by atoms with E-state index in [1.54, 1.807) is 0 Å². The molecule has 0 unspecified atom stereocenters. The number of aryl methyl sites for hydroxylation is 1. The Labute approximate surface area is 118 Å². The van der Waals surface area contributed by atoms with Crippen molar-refractivity contribution in [3.63, 3.8) is 0 Å². The van der Waals surface area contributed by atoms with Crippen molar-refractivity contribution in [2.24, 2.45) is 0 Å². The Hall–Kier alpha value is -0.206. The van der Waals surface area contributed by atoms with E-state index in [-0.39, 0.29) is 44.0 Å². The standard InChI is InChI=1S/C6H8N.C6H5.2ClH.Ti/c1-5-3-7-4-6(5)2;1-6-4-2-3-5-6;;;/h3,7H,1-2H3;2-4H,1H2;2*1H;/q;;;;+2/p-2. The molecule has 0 saturated carbocycles. The van der Waals surface area contributed by atoms with Crippen molar-refractivity contribution in [2.45, 2.75) is 13.8 Å². The maximum Gasteiger partial charge on any atom is -1.00 e. The molecule has 0 aromatic carbocycles. The monoisotopic (exact) mass is 289 g/mol. The van der Waals surface area contributed by atoms with Crippen LogP contribution in [-0.4, -0.2) is 4.98 Å². The molecular formula is C12H13Cl2NTi. The summed E-state index contributed by atoms with van der Waals surface area (Å²) >= 11 is -0.216. The molecule has 0 spiro atoms. The molecule has 1 heterocycles. The van der Waals surface area contributed by atoms with Gasteiger partial charge in [0.25, 0.3) is 0 Å². The maximum atomic E-state index is 4.03. The van der Waals surface area contributed by atoms with Crippen LogP contribution < -0.4 is 28.8 Å². The van der Waals surface area contributed by atoms with E-state index in [9.17, 15) is 0 Å². The predicted molar refractivity (Wildman–Crippen MR) is 56.3 cm³/mol. The van der Waals surface area contributed by atoms with Gasteiger partial charge < -0.3 is 24.8 Å². The van der Waals surface area contributed by atoms with Crippen LogP contribution in [0.5, 0.6) is 0 Å². The summed E-state index contributed by atoms with van der Waals surface area (Å²) in [6.07, 6.45) is 8.47. The van der Waals surface area contributed by atoms with E-state index >= 15 is 0 Å². The van der Waals surface area contributed by atoms with Crippen molar-refractivity contribution < 1.29 is 44.0 Å². The van der Waals surface area contributed by atoms with Crippen LogP contribution in [0.4, 0.5) is 0 Å². The summed E-state index contributed by atoms with van der Waals surface area (Å²) in [6, 6.07) is 0. The van der Waals surface area contributed by atoms with Crippen LogP contribution in [0.2, 0.25) is 0 Å². The van der Waals surface area contributed by atoms with Gasteiger partial charge in [-0.15, -0.1) is 0 Å². The molecule has 0 amide bonds. The molecule has 0 fully saturated rings. The van der Waals surface area contributed by atoms with Gasteiger partial charge in [0.1, 0.15) is 0 Å². The molecule has 1 aromatic rings. The second kappa shape index (κ2) is 6.51. The fraction of sp³-hybridized carbons (Fsp3) is 0.167. The quantitative estimate of drug-likeness (QED) is 0.541. The minimum absolute atomic E-state index is 0. The molecular weight excluding hydrogens is 277 g/mol. The number of halogens is 2. The summed E-state index contributed by atoms with van der Waals surface area (Å²) in [7, 11) is 0. The summed E-state index contributed by atoms with van der Waals surface area (Å²) in [4.78, 5) is 3.37. The number of hydrogen-bond donors (Lipinski definition) is 1. The minimum Gasteiger partial charge on any atom is -1.00 e. The molecule has 84 valence electrons. The molecule has 1 aromatic heterocycles. The minimum atomic E-state index is -0.216. The first kappa shape index (κ1) is 15.8. The number of nitrogens with one attached hydrogen (secondary N) is 1. The zero-order valence-electron chi connectivity index (χ0n) is 9.27. The molecule has 0 bridgehead atoms. The molecule has 2 rings (SSSR count). The Morgan fingerprint density at radius 2 is 1.94 bits per heavy atom. The van der Waals surface area contributed by atoms with E-state index in [1.807, 2.05) is 0 Å². The van der Waals surface area contributed by atoms with Crippen LogP contribution in [-0.2, 0) is 19.2 Å². The summed E-state index contributed by atoms with van der Waals surface area (Å²) in [5, 5.41) is 0. The average molecular weight is 290 g/mol. The van der Waals surface area contributed by atoms with Gasteiger partial charge in [0.05, 0.1) is 0 Å². The summed E-state index contributed by atoms with van der Waals surface area (Å²) in [6.45, 7) is 8.37. The van der Waals surface area contributed by atoms with Crippen LogP contribution in [0.25, 0.3) is 0 Å². The fourth-order valence-corrected chi connectivity index (χ4v) is 3.35. The average Bonchev–Trinajstić information content (AvgIpc) is 2.68. The molecule has 0 radical (unpaired) electrons. The van der Waals surface area contributed by atoms with E-state index in [1.165, 1.54) is 24.6 Å². The molecule has 0 aliphatic heterocycles. The number of allylic oxidation sites excluding steroid dienone is 5. The molecule has 4 heteroatoms. The molecule has 1 nitrogen and oxygen atoms in total. The van der Waals surface area contributed by atoms with Gasteiger partial charge in [-0.1, -0.05) is 0 Å². The molecule has 1 aliphatic rings. The first-order chi connectivity index (χ1) is 6.68. The van der Waals surface area contributed by atoms with Crippen molar-refractivity contribution in [1.29, 1.82) is 0 Å². The Morgan fingerprint density at radius 3 is 2.38 bits per heavy atom. The van der Waals surface area contributed by atoms with Gasteiger partial charge in [-0.2, -0.15) is 0 Å². The summed E-state index contributed by atoms with van der Waals surface area (Å²) < 4.78 is 2.87. The van der Waals surface area contributed by atoms with E-state index in [0.29, 0.717) is 0 Å². The Bertz CT molecular complexity index is 444. The molecule has 16 heavy (non-hydrogen) atoms. The number of hydrogen-bond acceptors (Lipinski definition) is 0. The molecule has 0 saturated heterocycles. The van der Waals surface area contributed by atoms with Gasteiger partial charge in [-0.05, 0) is 0 Å². The third-order valence-electron chi connectivity index (χ3n) is 2.57. The normalized spacial score (nSPS) is 12.6. The van der Waals surface area contributed by atoms with E-state index in [4.69, 9.17) is 0 Å².